The number of rotatable bonds is 3. The van der Waals surface area contributed by atoms with Crippen LogP contribution in [0.3, 0.4) is 0 Å². The summed E-state index contributed by atoms with van der Waals surface area (Å²) >= 11 is 13.1. The smallest absolute Gasteiger partial charge is 0.230 e. The molecule has 6 heteroatoms. The van der Waals surface area contributed by atoms with Gasteiger partial charge >= 0.3 is 0 Å². The van der Waals surface area contributed by atoms with E-state index in [0.717, 1.165) is 5.56 Å². The number of hydrogen-bond acceptors (Lipinski definition) is 3. The molecule has 1 N–H and O–H groups in total. The number of carbonyl (C=O) groups excluding carboxylic acids is 1. The highest BCUT2D eigenvalue weighted by molar-refractivity contribution is 7.13. The van der Waals surface area contributed by atoms with Gasteiger partial charge < -0.3 is 5.32 Å². The Morgan fingerprint density at radius 1 is 1.41 bits per heavy atom. The standard InChI is InChI=1S/C11H8Cl2N2OS/c12-8-2-1-7(9(13)6-8)5-10(16)15-11-14-3-4-17-11/h1-4,6H,5H2,(H,14,15,16). The molecule has 0 spiro atoms. The zero-order valence-corrected chi connectivity index (χ0v) is 10.9. The van der Waals surface area contributed by atoms with Crippen LogP contribution in [-0.4, -0.2) is 10.9 Å². The van der Waals surface area contributed by atoms with Gasteiger partial charge in [-0.05, 0) is 17.7 Å². The lowest BCUT2D eigenvalue weighted by atomic mass is 10.1. The molecular formula is C11H8Cl2N2OS. The molecule has 3 nitrogen and oxygen atoms in total. The molecule has 0 aliphatic heterocycles. The Hall–Kier alpha value is -1.10. The highest BCUT2D eigenvalue weighted by Gasteiger charge is 2.08. The molecule has 17 heavy (non-hydrogen) atoms. The summed E-state index contributed by atoms with van der Waals surface area (Å²) in [6.07, 6.45) is 1.84. The quantitative estimate of drug-likeness (QED) is 0.936. The number of amides is 1. The summed E-state index contributed by atoms with van der Waals surface area (Å²) < 4.78 is 0. The topological polar surface area (TPSA) is 42.0 Å². The zero-order valence-electron chi connectivity index (χ0n) is 8.61. The number of benzene rings is 1. The van der Waals surface area contributed by atoms with Crippen LogP contribution in [0.15, 0.2) is 29.8 Å². The normalized spacial score (nSPS) is 10.2. The zero-order chi connectivity index (χ0) is 12.3. The van der Waals surface area contributed by atoms with Gasteiger partial charge in [-0.1, -0.05) is 29.3 Å². The maximum absolute atomic E-state index is 11.7. The van der Waals surface area contributed by atoms with Gasteiger partial charge in [0.1, 0.15) is 0 Å². The molecule has 1 aromatic heterocycles. The van der Waals surface area contributed by atoms with Crippen molar-refractivity contribution in [1.82, 2.24) is 4.98 Å². The van der Waals surface area contributed by atoms with Gasteiger partial charge in [0, 0.05) is 21.6 Å². The van der Waals surface area contributed by atoms with E-state index in [2.05, 4.69) is 10.3 Å². The monoisotopic (exact) mass is 286 g/mol. The van der Waals surface area contributed by atoms with Crippen LogP contribution < -0.4 is 5.32 Å². The summed E-state index contributed by atoms with van der Waals surface area (Å²) in [5, 5.41) is 6.12. The predicted molar refractivity (Wildman–Crippen MR) is 70.9 cm³/mol. The third kappa shape index (κ3) is 3.43. The van der Waals surface area contributed by atoms with E-state index in [9.17, 15) is 4.79 Å². The van der Waals surface area contributed by atoms with Crippen LogP contribution in [0.5, 0.6) is 0 Å². The third-order valence-corrected chi connectivity index (χ3v) is 3.32. The summed E-state index contributed by atoms with van der Waals surface area (Å²) in [6, 6.07) is 5.07. The third-order valence-electron chi connectivity index (χ3n) is 2.04. The first-order valence-electron chi connectivity index (χ1n) is 4.78. The Bertz CT molecular complexity index is 528. The number of nitrogens with zero attached hydrogens (tertiary/aromatic N) is 1. The highest BCUT2D eigenvalue weighted by Crippen LogP contribution is 2.21. The van der Waals surface area contributed by atoms with Crippen LogP contribution in [0, 0.1) is 0 Å². The Kier molecular flexibility index (Phi) is 3.99. The molecule has 0 unspecified atom stereocenters. The van der Waals surface area contributed by atoms with Crippen molar-refractivity contribution in [2.75, 3.05) is 5.32 Å². The molecule has 1 amide bonds. The molecular weight excluding hydrogens is 279 g/mol. The lowest BCUT2D eigenvalue weighted by molar-refractivity contribution is -0.115. The van der Waals surface area contributed by atoms with E-state index in [-0.39, 0.29) is 12.3 Å². The fourth-order valence-corrected chi connectivity index (χ4v) is 2.31. The Balaban J connectivity index is 2.03. The second-order valence-electron chi connectivity index (χ2n) is 3.30. The molecule has 0 aliphatic rings. The van der Waals surface area contributed by atoms with Gasteiger partial charge in [-0.15, -0.1) is 11.3 Å². The molecule has 1 aromatic carbocycles. The van der Waals surface area contributed by atoms with Crippen LogP contribution in [0.1, 0.15) is 5.56 Å². The summed E-state index contributed by atoms with van der Waals surface area (Å²) in [5.74, 6) is -0.149. The molecule has 0 radical (unpaired) electrons. The minimum Gasteiger partial charge on any atom is -0.302 e. The van der Waals surface area contributed by atoms with E-state index in [1.807, 2.05) is 0 Å². The highest BCUT2D eigenvalue weighted by atomic mass is 35.5. The van der Waals surface area contributed by atoms with Crippen molar-refractivity contribution >= 4 is 45.6 Å². The van der Waals surface area contributed by atoms with Crippen molar-refractivity contribution < 1.29 is 4.79 Å². The number of thiazole rings is 1. The number of anilines is 1. The predicted octanol–water partition coefficient (Wildman–Crippen LogP) is 3.63. The number of aromatic nitrogens is 1. The van der Waals surface area contributed by atoms with Gasteiger partial charge in [0.2, 0.25) is 5.91 Å². The van der Waals surface area contributed by atoms with Gasteiger partial charge in [-0.3, -0.25) is 4.79 Å². The largest absolute Gasteiger partial charge is 0.302 e. The molecule has 0 bridgehead atoms. The average molecular weight is 287 g/mol. The first-order valence-corrected chi connectivity index (χ1v) is 6.42. The molecule has 0 fully saturated rings. The van der Waals surface area contributed by atoms with E-state index in [1.54, 1.807) is 29.8 Å². The minimum atomic E-state index is -0.149. The molecule has 2 rings (SSSR count). The van der Waals surface area contributed by atoms with Crippen molar-refractivity contribution in [2.24, 2.45) is 0 Å². The van der Waals surface area contributed by atoms with E-state index >= 15 is 0 Å². The van der Waals surface area contributed by atoms with Gasteiger partial charge in [-0.25, -0.2) is 4.98 Å². The van der Waals surface area contributed by atoms with Crippen molar-refractivity contribution in [1.29, 1.82) is 0 Å². The molecule has 0 saturated heterocycles. The minimum absolute atomic E-state index is 0.149. The summed E-state index contributed by atoms with van der Waals surface area (Å²) in [5.41, 5.74) is 0.741. The van der Waals surface area contributed by atoms with Crippen molar-refractivity contribution in [3.05, 3.63) is 45.4 Å². The van der Waals surface area contributed by atoms with E-state index in [0.29, 0.717) is 15.2 Å². The van der Waals surface area contributed by atoms with Gasteiger partial charge in [0.05, 0.1) is 6.42 Å². The van der Waals surface area contributed by atoms with Gasteiger partial charge in [-0.2, -0.15) is 0 Å². The van der Waals surface area contributed by atoms with Crippen LogP contribution in [-0.2, 0) is 11.2 Å². The second kappa shape index (κ2) is 5.49. The lowest BCUT2D eigenvalue weighted by Gasteiger charge is -2.04. The number of carbonyl (C=O) groups is 1. The van der Waals surface area contributed by atoms with E-state index in [4.69, 9.17) is 23.2 Å². The van der Waals surface area contributed by atoms with Crippen LogP contribution >= 0.6 is 34.5 Å². The molecule has 1 heterocycles. The number of hydrogen-bond donors (Lipinski definition) is 1. The molecule has 0 atom stereocenters. The molecule has 88 valence electrons. The van der Waals surface area contributed by atoms with Crippen molar-refractivity contribution in [2.45, 2.75) is 6.42 Å². The summed E-state index contributed by atoms with van der Waals surface area (Å²) in [4.78, 5) is 15.6. The SMILES string of the molecule is O=C(Cc1ccc(Cl)cc1Cl)Nc1nccs1. The molecule has 2 aromatic rings. The fraction of sp³-hybridized carbons (Fsp3) is 0.0909. The van der Waals surface area contributed by atoms with Gasteiger partial charge in [0.25, 0.3) is 0 Å². The number of nitrogens with one attached hydrogen (secondary N) is 1. The fourth-order valence-electron chi connectivity index (χ4n) is 1.29. The average Bonchev–Trinajstić information content (AvgIpc) is 2.75. The Labute approximate surface area is 112 Å². The Morgan fingerprint density at radius 2 is 2.24 bits per heavy atom. The van der Waals surface area contributed by atoms with E-state index < -0.39 is 0 Å². The lowest BCUT2D eigenvalue weighted by Crippen LogP contribution is -2.14. The second-order valence-corrected chi connectivity index (χ2v) is 5.04. The maximum Gasteiger partial charge on any atom is 0.230 e. The van der Waals surface area contributed by atoms with Crippen LogP contribution in [0.2, 0.25) is 10.0 Å². The number of halogens is 2. The Morgan fingerprint density at radius 3 is 2.88 bits per heavy atom. The first kappa shape index (κ1) is 12.4. The van der Waals surface area contributed by atoms with Crippen molar-refractivity contribution in [3.8, 4) is 0 Å². The summed E-state index contributed by atoms with van der Waals surface area (Å²) in [6.45, 7) is 0. The van der Waals surface area contributed by atoms with Crippen molar-refractivity contribution in [3.63, 3.8) is 0 Å². The molecule has 0 saturated carbocycles. The van der Waals surface area contributed by atoms with E-state index in [1.165, 1.54) is 11.3 Å². The van der Waals surface area contributed by atoms with Gasteiger partial charge in [0.15, 0.2) is 5.13 Å². The summed E-state index contributed by atoms with van der Waals surface area (Å²) in [7, 11) is 0. The molecule has 0 aliphatic carbocycles. The van der Waals surface area contributed by atoms with Crippen LogP contribution in [0.4, 0.5) is 5.13 Å². The first-order chi connectivity index (χ1) is 8.15. The van der Waals surface area contributed by atoms with Crippen LogP contribution in [0.25, 0.3) is 0 Å². The maximum atomic E-state index is 11.7.